The molecule has 2 aromatic rings. The van der Waals surface area contributed by atoms with Crippen LogP contribution in [0.15, 0.2) is 53.2 Å². The first-order chi connectivity index (χ1) is 12.3. The summed E-state index contributed by atoms with van der Waals surface area (Å²) in [5, 5.41) is 6.55. The molecule has 25 heavy (non-hydrogen) atoms. The van der Waals surface area contributed by atoms with E-state index in [1.807, 2.05) is 6.07 Å². The molecule has 2 aliphatic rings. The van der Waals surface area contributed by atoms with Gasteiger partial charge in [0.15, 0.2) is 0 Å². The fourth-order valence-electron chi connectivity index (χ4n) is 3.01. The fourth-order valence-corrected chi connectivity index (χ4v) is 3.01. The van der Waals surface area contributed by atoms with Crippen LogP contribution in [0.2, 0.25) is 0 Å². The van der Waals surface area contributed by atoms with E-state index >= 15 is 0 Å². The first kappa shape index (κ1) is 15.8. The van der Waals surface area contributed by atoms with Gasteiger partial charge in [-0.05, 0) is 60.6 Å². The second kappa shape index (κ2) is 7.05. The molecule has 128 valence electrons. The van der Waals surface area contributed by atoms with Gasteiger partial charge in [-0.1, -0.05) is 25.5 Å². The van der Waals surface area contributed by atoms with Crippen molar-refractivity contribution in [2.24, 2.45) is 10.9 Å². The van der Waals surface area contributed by atoms with Crippen molar-refractivity contribution < 1.29 is 0 Å². The van der Waals surface area contributed by atoms with Crippen molar-refractivity contribution in [2.75, 3.05) is 17.2 Å². The maximum Gasteiger partial charge on any atom is 0.229 e. The molecule has 0 bridgehead atoms. The van der Waals surface area contributed by atoms with Gasteiger partial charge in [0.2, 0.25) is 5.95 Å². The molecule has 2 heterocycles. The highest BCUT2D eigenvalue weighted by Gasteiger charge is 2.27. The summed E-state index contributed by atoms with van der Waals surface area (Å²) in [6.07, 6.45) is 8.81. The number of hydrogen-bond acceptors (Lipinski definition) is 5. The van der Waals surface area contributed by atoms with Crippen LogP contribution in [0.4, 0.5) is 17.5 Å². The molecular formula is C20H23N5. The average molecular weight is 333 g/mol. The largest absolute Gasteiger partial charge is 0.325 e. The van der Waals surface area contributed by atoms with Crippen LogP contribution in [0.3, 0.4) is 0 Å². The Labute approximate surface area is 148 Å². The standard InChI is InChI=1S/C20H23N5/c1-2-3-14-4-8-17(9-5-14)23-20-21-11-10-18(25-20)24-19-12-16(13-22-19)15-6-7-15/h4-5,8-12,15H,2-3,6-7,13H2,1H3,(H2,21,22,23,24,25). The minimum Gasteiger partial charge on any atom is -0.325 e. The number of anilines is 3. The Hall–Kier alpha value is -2.69. The van der Waals surface area contributed by atoms with Crippen LogP contribution in [-0.2, 0) is 6.42 Å². The first-order valence-electron chi connectivity index (χ1n) is 9.01. The normalized spacial score (nSPS) is 16.4. The summed E-state index contributed by atoms with van der Waals surface area (Å²) >= 11 is 0. The van der Waals surface area contributed by atoms with Gasteiger partial charge in [0.1, 0.15) is 11.7 Å². The van der Waals surface area contributed by atoms with E-state index in [2.05, 4.69) is 62.9 Å². The highest BCUT2D eigenvalue weighted by Crippen LogP contribution is 2.37. The van der Waals surface area contributed by atoms with Crippen LogP contribution in [0.5, 0.6) is 0 Å². The van der Waals surface area contributed by atoms with Crippen molar-refractivity contribution in [1.29, 1.82) is 0 Å². The van der Waals surface area contributed by atoms with Crippen molar-refractivity contribution in [2.45, 2.75) is 32.6 Å². The van der Waals surface area contributed by atoms with Crippen molar-refractivity contribution >= 4 is 23.3 Å². The van der Waals surface area contributed by atoms with Gasteiger partial charge in [0, 0.05) is 11.9 Å². The lowest BCUT2D eigenvalue weighted by molar-refractivity contribution is 0.922. The molecule has 1 saturated carbocycles. The SMILES string of the molecule is CCCc1ccc(Nc2nccc(NC3=NCC(C4CC4)=C3)n2)cc1. The van der Waals surface area contributed by atoms with Crippen LogP contribution in [0, 0.1) is 5.92 Å². The summed E-state index contributed by atoms with van der Waals surface area (Å²) in [7, 11) is 0. The number of amidine groups is 1. The van der Waals surface area contributed by atoms with E-state index in [0.29, 0.717) is 5.95 Å². The minimum atomic E-state index is 0.582. The van der Waals surface area contributed by atoms with E-state index in [-0.39, 0.29) is 0 Å². The number of rotatable bonds is 6. The number of benzene rings is 1. The number of aromatic nitrogens is 2. The van der Waals surface area contributed by atoms with E-state index in [9.17, 15) is 0 Å². The Kier molecular flexibility index (Phi) is 4.46. The molecule has 4 rings (SSSR count). The molecule has 0 radical (unpaired) electrons. The maximum absolute atomic E-state index is 4.55. The highest BCUT2D eigenvalue weighted by molar-refractivity contribution is 6.05. The van der Waals surface area contributed by atoms with Crippen molar-refractivity contribution in [3.8, 4) is 0 Å². The predicted molar refractivity (Wildman–Crippen MR) is 102 cm³/mol. The topological polar surface area (TPSA) is 62.2 Å². The number of nitrogens with zero attached hydrogens (tertiary/aromatic N) is 3. The molecule has 1 aromatic carbocycles. The molecule has 0 atom stereocenters. The third kappa shape index (κ3) is 4.05. The Bertz CT molecular complexity index is 803. The number of hydrogen-bond donors (Lipinski definition) is 2. The summed E-state index contributed by atoms with van der Waals surface area (Å²) < 4.78 is 0. The Balaban J connectivity index is 1.41. The summed E-state index contributed by atoms with van der Waals surface area (Å²) in [6, 6.07) is 10.3. The van der Waals surface area contributed by atoms with Crippen molar-refractivity contribution in [1.82, 2.24) is 9.97 Å². The zero-order valence-corrected chi connectivity index (χ0v) is 14.5. The number of aryl methyl sites for hydroxylation is 1. The summed E-state index contributed by atoms with van der Waals surface area (Å²) in [5.74, 6) is 3.00. The van der Waals surface area contributed by atoms with E-state index in [4.69, 9.17) is 0 Å². The molecule has 0 spiro atoms. The predicted octanol–water partition coefficient (Wildman–Crippen LogP) is 4.33. The number of nitrogens with one attached hydrogen (secondary N) is 2. The zero-order valence-electron chi connectivity index (χ0n) is 14.5. The van der Waals surface area contributed by atoms with Crippen LogP contribution < -0.4 is 10.6 Å². The van der Waals surface area contributed by atoms with Crippen LogP contribution in [0.1, 0.15) is 31.7 Å². The van der Waals surface area contributed by atoms with Crippen LogP contribution >= 0.6 is 0 Å². The molecule has 5 heteroatoms. The average Bonchev–Trinajstić information content (AvgIpc) is 3.37. The van der Waals surface area contributed by atoms with E-state index in [1.165, 1.54) is 24.0 Å². The van der Waals surface area contributed by atoms with Crippen LogP contribution in [0.25, 0.3) is 0 Å². The Morgan fingerprint density at radius 2 is 1.92 bits per heavy atom. The van der Waals surface area contributed by atoms with Crippen LogP contribution in [-0.4, -0.2) is 22.3 Å². The molecule has 5 nitrogen and oxygen atoms in total. The lowest BCUT2D eigenvalue weighted by Gasteiger charge is -2.08. The van der Waals surface area contributed by atoms with Gasteiger partial charge < -0.3 is 10.6 Å². The Morgan fingerprint density at radius 1 is 1.08 bits per heavy atom. The van der Waals surface area contributed by atoms with E-state index < -0.39 is 0 Å². The lowest BCUT2D eigenvalue weighted by atomic mass is 10.1. The lowest BCUT2D eigenvalue weighted by Crippen LogP contribution is -2.09. The van der Waals surface area contributed by atoms with E-state index in [1.54, 1.807) is 6.20 Å². The van der Waals surface area contributed by atoms with Gasteiger partial charge in [-0.25, -0.2) is 4.98 Å². The van der Waals surface area contributed by atoms with Crippen molar-refractivity contribution in [3.05, 3.63) is 53.7 Å². The maximum atomic E-state index is 4.55. The molecule has 1 aliphatic heterocycles. The third-order valence-electron chi connectivity index (χ3n) is 4.52. The monoisotopic (exact) mass is 333 g/mol. The summed E-state index contributed by atoms with van der Waals surface area (Å²) in [5.41, 5.74) is 3.79. The quantitative estimate of drug-likeness (QED) is 0.826. The first-order valence-corrected chi connectivity index (χ1v) is 9.01. The molecule has 1 aromatic heterocycles. The molecular weight excluding hydrogens is 310 g/mol. The fraction of sp³-hybridized carbons (Fsp3) is 0.350. The Morgan fingerprint density at radius 3 is 2.68 bits per heavy atom. The second-order valence-electron chi connectivity index (χ2n) is 6.66. The molecule has 0 unspecified atom stereocenters. The smallest absolute Gasteiger partial charge is 0.229 e. The van der Waals surface area contributed by atoms with Gasteiger partial charge >= 0.3 is 0 Å². The van der Waals surface area contributed by atoms with Gasteiger partial charge in [-0.15, -0.1) is 0 Å². The van der Waals surface area contributed by atoms with Gasteiger partial charge in [0.25, 0.3) is 0 Å². The molecule has 0 saturated heterocycles. The van der Waals surface area contributed by atoms with Gasteiger partial charge in [0.05, 0.1) is 6.54 Å². The van der Waals surface area contributed by atoms with Gasteiger partial charge in [-0.3, -0.25) is 4.99 Å². The minimum absolute atomic E-state index is 0.582. The van der Waals surface area contributed by atoms with Crippen molar-refractivity contribution in [3.63, 3.8) is 0 Å². The summed E-state index contributed by atoms with van der Waals surface area (Å²) in [6.45, 7) is 3.02. The zero-order chi connectivity index (χ0) is 17.1. The van der Waals surface area contributed by atoms with E-state index in [0.717, 1.165) is 42.6 Å². The second-order valence-corrected chi connectivity index (χ2v) is 6.66. The molecule has 2 N–H and O–H groups in total. The summed E-state index contributed by atoms with van der Waals surface area (Å²) in [4.78, 5) is 13.4. The van der Waals surface area contributed by atoms with Gasteiger partial charge in [-0.2, -0.15) is 4.98 Å². The molecule has 0 amide bonds. The number of aliphatic imine (C=N–C) groups is 1. The molecule has 1 fully saturated rings. The third-order valence-corrected chi connectivity index (χ3v) is 4.52. The highest BCUT2D eigenvalue weighted by atomic mass is 15.2. The molecule has 1 aliphatic carbocycles.